The molecule has 26 heavy (non-hydrogen) atoms. The van der Waals surface area contributed by atoms with Gasteiger partial charge in [-0.1, -0.05) is 23.2 Å². The molecule has 0 bridgehead atoms. The Morgan fingerprint density at radius 3 is 2.50 bits per heavy atom. The van der Waals surface area contributed by atoms with E-state index in [0.29, 0.717) is 21.3 Å². The molecular formula is C16H13Cl3N2O4S. The maximum absolute atomic E-state index is 12.6. The van der Waals surface area contributed by atoms with E-state index in [1.54, 1.807) is 19.1 Å². The van der Waals surface area contributed by atoms with Crippen LogP contribution in [0.1, 0.15) is 25.6 Å². The number of hydrogen-bond acceptors (Lipinski definition) is 5. The molecule has 1 aromatic carbocycles. The van der Waals surface area contributed by atoms with Crippen LogP contribution in [0.25, 0.3) is 0 Å². The van der Waals surface area contributed by atoms with Gasteiger partial charge in [-0.15, -0.1) is 22.9 Å². The third-order valence-corrected chi connectivity index (χ3v) is 5.31. The monoisotopic (exact) mass is 434 g/mol. The minimum Gasteiger partial charge on any atom is -0.465 e. The van der Waals surface area contributed by atoms with E-state index in [0.717, 1.165) is 11.3 Å². The van der Waals surface area contributed by atoms with Gasteiger partial charge >= 0.3 is 5.97 Å². The summed E-state index contributed by atoms with van der Waals surface area (Å²) >= 11 is 18.4. The molecule has 1 heterocycles. The van der Waals surface area contributed by atoms with E-state index in [2.05, 4.69) is 10.6 Å². The van der Waals surface area contributed by atoms with E-state index in [1.807, 2.05) is 0 Å². The van der Waals surface area contributed by atoms with Crippen molar-refractivity contribution >= 4 is 74.6 Å². The zero-order chi connectivity index (χ0) is 19.4. The highest BCUT2D eigenvalue weighted by molar-refractivity contribution is 7.19. The Balaban J connectivity index is 2.42. The van der Waals surface area contributed by atoms with Crippen LogP contribution < -0.4 is 10.6 Å². The molecule has 2 rings (SSSR count). The summed E-state index contributed by atoms with van der Waals surface area (Å²) in [6.45, 7) is 1.58. The summed E-state index contributed by atoms with van der Waals surface area (Å²) in [7, 11) is 1.21. The van der Waals surface area contributed by atoms with Gasteiger partial charge in [-0.3, -0.25) is 9.59 Å². The fraction of sp³-hybridized carbons (Fsp3) is 0.188. The highest BCUT2D eigenvalue weighted by Gasteiger charge is 2.26. The number of esters is 1. The predicted molar refractivity (Wildman–Crippen MR) is 104 cm³/mol. The van der Waals surface area contributed by atoms with Gasteiger partial charge < -0.3 is 15.4 Å². The molecule has 10 heteroatoms. The van der Waals surface area contributed by atoms with Gasteiger partial charge in [-0.2, -0.15) is 0 Å². The minimum atomic E-state index is -0.677. The molecule has 0 unspecified atom stereocenters. The van der Waals surface area contributed by atoms with Gasteiger partial charge in [0.2, 0.25) is 5.91 Å². The smallest absolute Gasteiger partial charge is 0.341 e. The van der Waals surface area contributed by atoms with Gasteiger partial charge in [-0.05, 0) is 30.7 Å². The number of methoxy groups -OCH3 is 1. The number of rotatable bonds is 5. The fourth-order valence-electron chi connectivity index (χ4n) is 2.10. The largest absolute Gasteiger partial charge is 0.465 e. The van der Waals surface area contributed by atoms with Crippen molar-refractivity contribution in [1.29, 1.82) is 0 Å². The van der Waals surface area contributed by atoms with Crippen molar-refractivity contribution in [3.8, 4) is 0 Å². The number of nitrogens with one attached hydrogen (secondary N) is 2. The second kappa shape index (κ2) is 8.73. The standard InChI is InChI=1S/C16H13Cl3N2O4S/c1-7-12(16(24)25-2)15(21-11(22)6-17)26-13(7)14(23)20-10-5-8(18)3-4-9(10)19/h3-5H,6H2,1-2H3,(H,20,23)(H,21,22). The zero-order valence-corrected chi connectivity index (χ0v) is 16.7. The highest BCUT2D eigenvalue weighted by atomic mass is 35.5. The van der Waals surface area contributed by atoms with Crippen LogP contribution in [0.5, 0.6) is 0 Å². The van der Waals surface area contributed by atoms with Gasteiger partial charge in [0, 0.05) is 5.02 Å². The van der Waals surface area contributed by atoms with E-state index in [9.17, 15) is 14.4 Å². The maximum atomic E-state index is 12.6. The topological polar surface area (TPSA) is 84.5 Å². The number of amides is 2. The molecule has 0 aliphatic heterocycles. The number of carbonyl (C=O) groups excluding carboxylic acids is 3. The van der Waals surface area contributed by atoms with E-state index < -0.39 is 17.8 Å². The minimum absolute atomic E-state index is 0.0957. The van der Waals surface area contributed by atoms with Crippen LogP contribution >= 0.6 is 46.1 Å². The summed E-state index contributed by atoms with van der Waals surface area (Å²) in [6, 6.07) is 4.64. The lowest BCUT2D eigenvalue weighted by atomic mass is 10.1. The average molecular weight is 436 g/mol. The van der Waals surface area contributed by atoms with Crippen molar-refractivity contribution in [2.45, 2.75) is 6.92 Å². The van der Waals surface area contributed by atoms with Crippen molar-refractivity contribution in [2.75, 3.05) is 23.6 Å². The molecule has 2 N–H and O–H groups in total. The first-order chi connectivity index (χ1) is 12.3. The molecule has 1 aromatic heterocycles. The Kier molecular flexibility index (Phi) is 6.88. The number of anilines is 2. The molecule has 0 radical (unpaired) electrons. The van der Waals surface area contributed by atoms with Gasteiger partial charge in [0.15, 0.2) is 0 Å². The Labute approximate surface area is 168 Å². The van der Waals surface area contributed by atoms with Crippen LogP contribution in [-0.4, -0.2) is 30.8 Å². The lowest BCUT2D eigenvalue weighted by Crippen LogP contribution is -2.15. The zero-order valence-electron chi connectivity index (χ0n) is 13.6. The van der Waals surface area contributed by atoms with Crippen LogP contribution in [0.2, 0.25) is 10.0 Å². The van der Waals surface area contributed by atoms with Gasteiger partial charge in [0.1, 0.15) is 10.9 Å². The lowest BCUT2D eigenvalue weighted by Gasteiger charge is -2.07. The van der Waals surface area contributed by atoms with E-state index in [4.69, 9.17) is 39.5 Å². The summed E-state index contributed by atoms with van der Waals surface area (Å²) in [5.41, 5.74) is 0.781. The predicted octanol–water partition coefficient (Wildman–Crippen LogP) is 4.58. The molecule has 0 saturated heterocycles. The van der Waals surface area contributed by atoms with Crippen molar-refractivity contribution in [3.63, 3.8) is 0 Å². The third kappa shape index (κ3) is 4.48. The molecule has 2 amide bonds. The molecule has 138 valence electrons. The van der Waals surface area contributed by atoms with Gasteiger partial charge in [-0.25, -0.2) is 4.79 Å². The molecule has 0 spiro atoms. The highest BCUT2D eigenvalue weighted by Crippen LogP contribution is 2.35. The molecule has 0 atom stereocenters. The second-order valence-electron chi connectivity index (χ2n) is 5.01. The van der Waals surface area contributed by atoms with Crippen LogP contribution in [0.15, 0.2) is 18.2 Å². The summed E-state index contributed by atoms with van der Waals surface area (Å²) in [5.74, 6) is -1.99. The fourth-order valence-corrected chi connectivity index (χ4v) is 3.61. The Morgan fingerprint density at radius 1 is 1.19 bits per heavy atom. The molecule has 0 aliphatic carbocycles. The number of ether oxygens (including phenoxy) is 1. The number of benzene rings is 1. The summed E-state index contributed by atoms with van der Waals surface area (Å²) in [4.78, 5) is 36.5. The molecule has 0 aliphatic rings. The average Bonchev–Trinajstić information content (AvgIpc) is 2.93. The Bertz CT molecular complexity index is 883. The summed E-state index contributed by atoms with van der Waals surface area (Å²) in [6.07, 6.45) is 0. The van der Waals surface area contributed by atoms with Crippen molar-refractivity contribution in [1.82, 2.24) is 0 Å². The van der Waals surface area contributed by atoms with Gasteiger partial charge in [0.05, 0.1) is 28.3 Å². The maximum Gasteiger partial charge on any atom is 0.341 e. The normalized spacial score (nSPS) is 10.3. The lowest BCUT2D eigenvalue weighted by molar-refractivity contribution is -0.113. The number of halogens is 3. The van der Waals surface area contributed by atoms with E-state index in [-0.39, 0.29) is 21.3 Å². The molecular weight excluding hydrogens is 423 g/mol. The number of carbonyl (C=O) groups is 3. The SMILES string of the molecule is COC(=O)c1c(NC(=O)CCl)sc(C(=O)Nc2cc(Cl)ccc2Cl)c1C. The molecule has 0 saturated carbocycles. The molecule has 2 aromatic rings. The third-order valence-electron chi connectivity index (χ3n) is 3.29. The quantitative estimate of drug-likeness (QED) is 0.532. The van der Waals surface area contributed by atoms with E-state index >= 15 is 0 Å². The first kappa shape index (κ1) is 20.5. The van der Waals surface area contributed by atoms with Crippen molar-refractivity contribution in [2.24, 2.45) is 0 Å². The van der Waals surface area contributed by atoms with Crippen LogP contribution in [0, 0.1) is 6.92 Å². The number of alkyl halides is 1. The second-order valence-corrected chi connectivity index (χ2v) is 7.14. The van der Waals surface area contributed by atoms with E-state index in [1.165, 1.54) is 13.2 Å². The van der Waals surface area contributed by atoms with Crippen LogP contribution in [0.3, 0.4) is 0 Å². The molecule has 0 fully saturated rings. The Morgan fingerprint density at radius 2 is 1.88 bits per heavy atom. The summed E-state index contributed by atoms with van der Waals surface area (Å²) < 4.78 is 4.73. The Hall–Kier alpha value is -1.80. The van der Waals surface area contributed by atoms with Crippen LogP contribution in [0.4, 0.5) is 10.7 Å². The first-order valence-corrected chi connectivity index (χ1v) is 9.23. The van der Waals surface area contributed by atoms with Gasteiger partial charge in [0.25, 0.3) is 5.91 Å². The summed E-state index contributed by atoms with van der Waals surface area (Å²) in [5, 5.41) is 6.02. The van der Waals surface area contributed by atoms with Crippen molar-refractivity contribution < 1.29 is 19.1 Å². The number of hydrogen-bond donors (Lipinski definition) is 2. The molecule has 6 nitrogen and oxygen atoms in total. The number of thiophene rings is 1. The van der Waals surface area contributed by atoms with Crippen LogP contribution in [-0.2, 0) is 9.53 Å². The van der Waals surface area contributed by atoms with Crippen molar-refractivity contribution in [3.05, 3.63) is 44.2 Å². The first-order valence-electron chi connectivity index (χ1n) is 7.12.